The van der Waals surface area contributed by atoms with Crippen molar-refractivity contribution in [3.05, 3.63) is 75.5 Å². The fraction of sp³-hybridized carbons (Fsp3) is 0.346. The van der Waals surface area contributed by atoms with Crippen molar-refractivity contribution in [2.24, 2.45) is 0 Å². The van der Waals surface area contributed by atoms with Crippen LogP contribution in [0.1, 0.15) is 60.7 Å². The van der Waals surface area contributed by atoms with Crippen molar-refractivity contribution >= 4 is 18.0 Å². The number of ether oxygens (including phenoxy) is 2. The monoisotopic (exact) mass is 523 g/mol. The maximum Gasteiger partial charge on any atom is 0.410 e. The van der Waals surface area contributed by atoms with E-state index in [0.29, 0.717) is 18.4 Å². The molecule has 2 aromatic rings. The number of amides is 1. The van der Waals surface area contributed by atoms with Gasteiger partial charge in [-0.3, -0.25) is 10.1 Å². The molecule has 0 bridgehead atoms. The molecule has 8 nitrogen and oxygen atoms in total. The lowest BCUT2D eigenvalue weighted by atomic mass is 9.99. The van der Waals surface area contributed by atoms with Crippen LogP contribution >= 0.6 is 0 Å². The minimum absolute atomic E-state index is 0.136. The van der Waals surface area contributed by atoms with E-state index in [0.717, 1.165) is 0 Å². The van der Waals surface area contributed by atoms with Crippen LogP contribution in [0.2, 0.25) is 0 Å². The summed E-state index contributed by atoms with van der Waals surface area (Å²) in [5.41, 5.74) is -0.801. The number of carbonyl (C=O) groups excluding carboxylic acids is 2. The van der Waals surface area contributed by atoms with Gasteiger partial charge in [0.25, 0.3) is 0 Å². The van der Waals surface area contributed by atoms with Crippen molar-refractivity contribution in [2.45, 2.75) is 45.2 Å². The summed E-state index contributed by atoms with van der Waals surface area (Å²) in [6.07, 6.45) is -0.333. The highest BCUT2D eigenvalue weighted by molar-refractivity contribution is 6.12. The Hall–Kier alpha value is -4.02. The first-order chi connectivity index (χ1) is 17.4. The van der Waals surface area contributed by atoms with Gasteiger partial charge >= 0.3 is 17.9 Å². The largest absolute Gasteiger partial charge is 0.507 e. The number of ketones is 1. The Balaban J connectivity index is 2.05. The minimum atomic E-state index is -4.31. The third-order valence-electron chi connectivity index (χ3n) is 5.21. The summed E-state index contributed by atoms with van der Waals surface area (Å²) in [6, 6.07) is 7.24. The number of Topliss-reactive ketones (excluding diaryl/α,β-unsaturated/α-hetero) is 1. The van der Waals surface area contributed by atoms with E-state index in [1.165, 1.54) is 44.5 Å². The Morgan fingerprint density at radius 2 is 1.89 bits per heavy atom. The summed E-state index contributed by atoms with van der Waals surface area (Å²) in [4.78, 5) is 36.3. The van der Waals surface area contributed by atoms with Gasteiger partial charge in [0, 0.05) is 18.2 Å². The zero-order chi connectivity index (χ0) is 27.6. The van der Waals surface area contributed by atoms with Gasteiger partial charge in [-0.1, -0.05) is 25.1 Å². The molecule has 200 valence electrons. The molecule has 0 radical (unpaired) electrons. The Kier molecular flexibility index (Phi) is 10.5. The van der Waals surface area contributed by atoms with E-state index in [1.54, 1.807) is 25.1 Å². The van der Waals surface area contributed by atoms with Gasteiger partial charge in [0.05, 0.1) is 20.1 Å². The maximum atomic E-state index is 12.8. The molecule has 2 N–H and O–H groups in total. The molecular weight excluding hydrogens is 495 g/mol. The number of alkyl halides is 3. The Bertz CT molecular complexity index is 1200. The minimum Gasteiger partial charge on any atom is -0.507 e. The molecule has 1 atom stereocenters. The second kappa shape index (κ2) is 13.3. The quantitative estimate of drug-likeness (QED) is 0.286. The average molecular weight is 524 g/mol. The molecule has 0 spiro atoms. The number of allylic oxidation sites excluding steroid dienone is 2. The lowest BCUT2D eigenvalue weighted by molar-refractivity contribution is -0.139. The molecule has 1 unspecified atom stereocenters. The third kappa shape index (κ3) is 9.51. The van der Waals surface area contributed by atoms with Crippen LogP contribution in [0.15, 0.2) is 57.4 Å². The van der Waals surface area contributed by atoms with Gasteiger partial charge in [0.2, 0.25) is 0 Å². The van der Waals surface area contributed by atoms with Gasteiger partial charge < -0.3 is 19.0 Å². The van der Waals surface area contributed by atoms with Gasteiger partial charge in [-0.05, 0) is 49.1 Å². The lowest BCUT2D eigenvalue weighted by Crippen LogP contribution is -2.17. The average Bonchev–Trinajstić information content (AvgIpc) is 2.83. The number of carbonyl (C=O) groups is 2. The van der Waals surface area contributed by atoms with Crippen molar-refractivity contribution in [3.63, 3.8) is 0 Å². The van der Waals surface area contributed by atoms with Crippen LogP contribution in [-0.4, -0.2) is 36.9 Å². The highest BCUT2D eigenvalue weighted by atomic mass is 19.4. The Labute approximate surface area is 211 Å². The van der Waals surface area contributed by atoms with Crippen LogP contribution in [0.25, 0.3) is 6.08 Å². The number of hydrogen-bond acceptors (Lipinski definition) is 7. The van der Waals surface area contributed by atoms with Crippen molar-refractivity contribution in [1.29, 1.82) is 0 Å². The van der Waals surface area contributed by atoms with Crippen LogP contribution in [-0.2, 0) is 4.74 Å². The molecule has 0 aliphatic heterocycles. The first-order valence-electron chi connectivity index (χ1n) is 11.3. The summed E-state index contributed by atoms with van der Waals surface area (Å²) in [5.74, 6) is -1.06. The van der Waals surface area contributed by atoms with E-state index in [1.807, 2.05) is 0 Å². The number of rotatable bonds is 11. The normalized spacial score (nSPS) is 12.9. The first kappa shape index (κ1) is 29.2. The summed E-state index contributed by atoms with van der Waals surface area (Å²) < 4.78 is 51.4. The SMILES string of the molecule is COC(=O)N/C=C/CCC(C)c1cc(O)c(C(=O)/C(C)=C/c2ccc(OCCC(F)(F)F)cc2)c(=O)o1. The standard InChI is InChI=1S/C26H28F3NO7/c1-16(6-4-5-12-30-25(34)35-3)21-15-20(31)22(24(33)37-21)23(32)17(2)14-18-7-9-19(10-8-18)36-13-11-26(27,28)29/h5,7-10,12,14-16,31H,4,6,11,13H2,1-3H3,(H,30,34)/b12-5+,17-14+. The molecule has 1 aromatic heterocycles. The topological polar surface area (TPSA) is 115 Å². The van der Waals surface area contributed by atoms with Crippen molar-refractivity contribution in [2.75, 3.05) is 13.7 Å². The first-order valence-corrected chi connectivity index (χ1v) is 11.3. The van der Waals surface area contributed by atoms with E-state index < -0.39 is 48.0 Å². The van der Waals surface area contributed by atoms with Crippen molar-refractivity contribution in [3.8, 4) is 11.5 Å². The van der Waals surface area contributed by atoms with Gasteiger partial charge in [-0.15, -0.1) is 0 Å². The van der Waals surface area contributed by atoms with Crippen LogP contribution in [0.5, 0.6) is 11.5 Å². The number of nitrogens with one attached hydrogen (secondary N) is 1. The fourth-order valence-electron chi connectivity index (χ4n) is 3.17. The van der Waals surface area contributed by atoms with Crippen molar-refractivity contribution < 1.29 is 41.8 Å². The molecule has 0 fully saturated rings. The van der Waals surface area contributed by atoms with Gasteiger partial charge in [-0.2, -0.15) is 13.2 Å². The van der Waals surface area contributed by atoms with Crippen LogP contribution in [0.4, 0.5) is 18.0 Å². The highest BCUT2D eigenvalue weighted by Gasteiger charge is 2.27. The fourth-order valence-corrected chi connectivity index (χ4v) is 3.17. The molecule has 0 aliphatic rings. The van der Waals surface area contributed by atoms with Crippen LogP contribution < -0.4 is 15.7 Å². The molecule has 1 aromatic carbocycles. The Morgan fingerprint density at radius 3 is 2.49 bits per heavy atom. The summed E-state index contributed by atoms with van der Waals surface area (Å²) in [6.45, 7) is 2.73. The van der Waals surface area contributed by atoms with Crippen molar-refractivity contribution in [1.82, 2.24) is 5.32 Å². The van der Waals surface area contributed by atoms with E-state index in [4.69, 9.17) is 9.15 Å². The number of halogens is 3. The molecule has 37 heavy (non-hydrogen) atoms. The predicted molar refractivity (Wildman–Crippen MR) is 130 cm³/mol. The number of alkyl carbamates (subject to hydrolysis) is 1. The molecule has 2 rings (SSSR count). The van der Waals surface area contributed by atoms with E-state index in [2.05, 4.69) is 10.1 Å². The number of benzene rings is 1. The molecule has 0 aliphatic carbocycles. The van der Waals surface area contributed by atoms with Gasteiger partial charge in [0.15, 0.2) is 5.78 Å². The summed E-state index contributed by atoms with van der Waals surface area (Å²) in [5, 5.41) is 12.8. The van der Waals surface area contributed by atoms with Gasteiger partial charge in [-0.25, -0.2) is 9.59 Å². The van der Waals surface area contributed by atoms with E-state index >= 15 is 0 Å². The Morgan fingerprint density at radius 1 is 1.22 bits per heavy atom. The highest BCUT2D eigenvalue weighted by Crippen LogP contribution is 2.26. The zero-order valence-electron chi connectivity index (χ0n) is 20.6. The second-order valence-electron chi connectivity index (χ2n) is 8.15. The summed E-state index contributed by atoms with van der Waals surface area (Å²) in [7, 11) is 1.24. The number of aromatic hydroxyl groups is 1. The molecule has 1 amide bonds. The smallest absolute Gasteiger partial charge is 0.410 e. The van der Waals surface area contributed by atoms with Crippen LogP contribution in [0, 0.1) is 0 Å². The maximum absolute atomic E-state index is 12.8. The second-order valence-corrected chi connectivity index (χ2v) is 8.15. The van der Waals surface area contributed by atoms with Gasteiger partial charge in [0.1, 0.15) is 22.8 Å². The van der Waals surface area contributed by atoms with Crippen LogP contribution in [0.3, 0.4) is 0 Å². The molecule has 1 heterocycles. The van der Waals surface area contributed by atoms with E-state index in [9.17, 15) is 32.7 Å². The summed E-state index contributed by atoms with van der Waals surface area (Å²) >= 11 is 0. The molecule has 0 saturated carbocycles. The zero-order valence-corrected chi connectivity index (χ0v) is 20.6. The number of hydrogen-bond donors (Lipinski definition) is 2. The number of methoxy groups -OCH3 is 1. The lowest BCUT2D eigenvalue weighted by Gasteiger charge is -2.11. The van der Waals surface area contributed by atoms with E-state index in [-0.39, 0.29) is 23.0 Å². The molecule has 0 saturated heterocycles. The predicted octanol–water partition coefficient (Wildman–Crippen LogP) is 5.72. The third-order valence-corrected chi connectivity index (χ3v) is 5.21. The molecule has 11 heteroatoms. The molecular formula is C26H28F3NO7.